The second-order valence-corrected chi connectivity index (χ2v) is 26.6. The molecule has 4 bridgehead atoms. The second kappa shape index (κ2) is 22.9. The third-order valence-electron chi connectivity index (χ3n) is 13.7. The molecule has 8 rings (SSSR count). The predicted octanol–water partition coefficient (Wildman–Crippen LogP) is 6.02. The summed E-state index contributed by atoms with van der Waals surface area (Å²) in [7, 11) is -7.28. The number of nitrogens with zero attached hydrogens (tertiary/aromatic N) is 4. The zero-order chi connectivity index (χ0) is 51.1. The Morgan fingerprint density at radius 3 is 1.62 bits per heavy atom. The first kappa shape index (κ1) is 55.6. The Hall–Kier alpha value is -4.29. The van der Waals surface area contributed by atoms with E-state index in [1.54, 1.807) is 25.7 Å². The molecule has 6 saturated heterocycles. The Morgan fingerprint density at radius 1 is 0.725 bits per heavy atom. The molecule has 3 amide bonds. The molecule has 6 aliphatic heterocycles. The van der Waals surface area contributed by atoms with Crippen LogP contribution in [-0.2, 0) is 34.0 Å². The van der Waals surface area contributed by atoms with Gasteiger partial charge in [0.05, 0.1) is 36.8 Å². The van der Waals surface area contributed by atoms with Crippen LogP contribution in [0.1, 0.15) is 95.4 Å². The number of piperidine rings is 2. The van der Waals surface area contributed by atoms with Crippen LogP contribution in [0.3, 0.4) is 0 Å². The Morgan fingerprint density at radius 2 is 1.19 bits per heavy atom. The standard InChI is InChI=1S/C26H41N3O6S.C25H41N3O4S/c1-7-34-21-10-8-20(9-11-21)29-16-19-14-26(5,6)22(29)17-28(15-19)23(30)18-36(32,33)13-12-27-24(31)35-25(2,3)4;1-6-32-21-9-7-20(8-10-21)28-16-19-14-25(4,5)23(28)17-27(15-19)24(29)22(13-18(2)3)33(30,31)12-11-26/h8-11,19,22H,7,12-18H2,1-6H3,(H,27,31);7-10,18-19,22-23H,6,11-17,26H2,1-5H3/t19-,22-;19-,22?,23-/m11/s1. The van der Waals surface area contributed by atoms with E-state index in [0.29, 0.717) is 45.8 Å². The van der Waals surface area contributed by atoms with E-state index >= 15 is 0 Å². The average Bonchev–Trinajstić information content (AvgIpc) is 3.66. The van der Waals surface area contributed by atoms with Crippen molar-refractivity contribution >= 4 is 49.0 Å². The molecule has 2 aromatic rings. The first-order chi connectivity index (χ1) is 32.2. The first-order valence-electron chi connectivity index (χ1n) is 24.8. The van der Waals surface area contributed by atoms with Crippen molar-refractivity contribution in [3.63, 3.8) is 0 Å². The molecule has 5 atom stereocenters. The van der Waals surface area contributed by atoms with E-state index in [-0.39, 0.29) is 77.1 Å². The van der Waals surface area contributed by atoms with E-state index < -0.39 is 42.4 Å². The minimum Gasteiger partial charge on any atom is -0.494 e. The van der Waals surface area contributed by atoms with E-state index in [0.717, 1.165) is 48.8 Å². The molecular formula is C51H82N6O10S2. The van der Waals surface area contributed by atoms with Gasteiger partial charge in [-0.25, -0.2) is 21.6 Å². The molecule has 6 aliphatic rings. The maximum Gasteiger partial charge on any atom is 0.407 e. The predicted molar refractivity (Wildman–Crippen MR) is 273 cm³/mol. The van der Waals surface area contributed by atoms with Gasteiger partial charge in [0.15, 0.2) is 19.7 Å². The highest BCUT2D eigenvalue weighted by atomic mass is 32.2. The van der Waals surface area contributed by atoms with Crippen molar-refractivity contribution in [1.82, 2.24) is 15.1 Å². The fourth-order valence-electron chi connectivity index (χ4n) is 10.7. The maximum absolute atomic E-state index is 13.7. The van der Waals surface area contributed by atoms with Gasteiger partial charge in [-0.3, -0.25) is 9.59 Å². The van der Waals surface area contributed by atoms with Crippen molar-refractivity contribution < 1.29 is 45.4 Å². The average molecular weight is 1000 g/mol. The number of rotatable bonds is 17. The summed E-state index contributed by atoms with van der Waals surface area (Å²) in [5.41, 5.74) is 7.06. The van der Waals surface area contributed by atoms with E-state index in [2.05, 4.69) is 67.1 Å². The molecule has 0 aliphatic carbocycles. The molecule has 1 unspecified atom stereocenters. The van der Waals surface area contributed by atoms with Gasteiger partial charge in [-0.1, -0.05) is 41.5 Å². The SMILES string of the molecule is CCOc1ccc(N2C[C@H]3CN(C(=O)C(CC(C)C)S(=O)(=O)CCN)C[C@@H]2C(C)(C)C3)cc1.CCOc1ccc(N2C[C@H]3CN(C(=O)CS(=O)(=O)CCNC(=O)OC(C)(C)C)C[C@@H]2C(C)(C)C3)cc1. The minimum absolute atomic E-state index is 0.000213. The van der Waals surface area contributed by atoms with Crippen LogP contribution >= 0.6 is 0 Å². The number of amides is 3. The fourth-order valence-corrected chi connectivity index (χ4v) is 13.6. The molecule has 6 heterocycles. The lowest BCUT2D eigenvalue weighted by Gasteiger charge is -2.48. The molecule has 388 valence electrons. The van der Waals surface area contributed by atoms with Gasteiger partial charge in [0.2, 0.25) is 11.8 Å². The fraction of sp³-hybridized carbons (Fsp3) is 0.706. The summed E-state index contributed by atoms with van der Waals surface area (Å²) in [5.74, 6) is 0.633. The third-order valence-corrected chi connectivity index (χ3v) is 17.3. The first-order valence-corrected chi connectivity index (χ1v) is 28.4. The number of sulfone groups is 2. The smallest absolute Gasteiger partial charge is 0.407 e. The molecule has 3 N–H and O–H groups in total. The van der Waals surface area contributed by atoms with Crippen LogP contribution in [0, 0.1) is 28.6 Å². The molecule has 16 nitrogen and oxygen atoms in total. The van der Waals surface area contributed by atoms with E-state index in [1.807, 2.05) is 56.9 Å². The maximum atomic E-state index is 13.7. The number of alkyl carbamates (subject to hydrolysis) is 1. The van der Waals surface area contributed by atoms with E-state index in [9.17, 15) is 31.2 Å². The highest BCUT2D eigenvalue weighted by Gasteiger charge is 2.49. The van der Waals surface area contributed by atoms with Crippen molar-refractivity contribution in [1.29, 1.82) is 0 Å². The summed E-state index contributed by atoms with van der Waals surface area (Å²) in [5, 5.41) is 1.43. The Bertz CT molecular complexity index is 2270. The third kappa shape index (κ3) is 15.1. The highest BCUT2D eigenvalue weighted by Crippen LogP contribution is 2.45. The largest absolute Gasteiger partial charge is 0.494 e. The molecule has 0 aromatic heterocycles. The Kier molecular flexibility index (Phi) is 18.4. The highest BCUT2D eigenvalue weighted by molar-refractivity contribution is 7.92. The molecule has 2 aromatic carbocycles. The van der Waals surface area contributed by atoms with Gasteiger partial charge in [0, 0.05) is 63.7 Å². The molecule has 0 radical (unpaired) electrons. The number of carbonyl (C=O) groups is 3. The van der Waals surface area contributed by atoms with Crippen molar-refractivity contribution in [2.45, 2.75) is 118 Å². The summed E-state index contributed by atoms with van der Waals surface area (Å²) in [6, 6.07) is 16.4. The van der Waals surface area contributed by atoms with Gasteiger partial charge in [-0.2, -0.15) is 0 Å². The number of benzene rings is 2. The number of nitrogens with two attached hydrogens (primary N) is 1. The zero-order valence-electron chi connectivity index (χ0n) is 43.2. The molecule has 6 fully saturated rings. The van der Waals surface area contributed by atoms with Crippen molar-refractivity contribution in [2.24, 2.45) is 34.3 Å². The topological polar surface area (TPSA) is 198 Å². The number of nitrogens with one attached hydrogen (secondary N) is 1. The van der Waals surface area contributed by atoms with Crippen molar-refractivity contribution in [2.75, 3.05) is 92.6 Å². The van der Waals surface area contributed by atoms with Crippen LogP contribution < -0.4 is 30.3 Å². The van der Waals surface area contributed by atoms with Crippen LogP contribution in [0.5, 0.6) is 11.5 Å². The molecular weight excluding hydrogens is 921 g/mol. The normalized spacial score (nSPS) is 22.5. The van der Waals surface area contributed by atoms with E-state index in [4.69, 9.17) is 19.9 Å². The number of hydrogen-bond acceptors (Lipinski definition) is 13. The zero-order valence-corrected chi connectivity index (χ0v) is 44.8. The Balaban J connectivity index is 0.000000258. The molecule has 18 heteroatoms. The minimum atomic E-state index is -3.69. The van der Waals surface area contributed by atoms with Crippen LogP contribution in [-0.4, -0.2) is 150 Å². The Labute approximate surface area is 413 Å². The van der Waals surface area contributed by atoms with Gasteiger partial charge in [0.1, 0.15) is 28.1 Å². The van der Waals surface area contributed by atoms with Crippen LogP contribution in [0.25, 0.3) is 0 Å². The van der Waals surface area contributed by atoms with Gasteiger partial charge in [0.25, 0.3) is 0 Å². The van der Waals surface area contributed by atoms with Crippen LogP contribution in [0.2, 0.25) is 0 Å². The van der Waals surface area contributed by atoms with Gasteiger partial charge in [-0.05, 0) is 131 Å². The molecule has 0 saturated carbocycles. The summed E-state index contributed by atoms with van der Waals surface area (Å²) < 4.78 is 67.5. The van der Waals surface area contributed by atoms with Crippen molar-refractivity contribution in [3.8, 4) is 11.5 Å². The van der Waals surface area contributed by atoms with Gasteiger partial charge < -0.3 is 44.9 Å². The van der Waals surface area contributed by atoms with Gasteiger partial charge >= 0.3 is 6.09 Å². The lowest BCUT2D eigenvalue weighted by molar-refractivity contribution is -0.131. The van der Waals surface area contributed by atoms with Crippen LogP contribution in [0.15, 0.2) is 48.5 Å². The lowest BCUT2D eigenvalue weighted by Crippen LogP contribution is -2.54. The number of carbonyl (C=O) groups excluding carboxylic acids is 3. The molecule has 69 heavy (non-hydrogen) atoms. The summed E-state index contributed by atoms with van der Waals surface area (Å²) in [6.45, 7) is 27.0. The summed E-state index contributed by atoms with van der Waals surface area (Å²) >= 11 is 0. The quantitative estimate of drug-likeness (QED) is 0.187. The van der Waals surface area contributed by atoms with Crippen LogP contribution in [0.4, 0.5) is 16.2 Å². The monoisotopic (exact) mass is 1000 g/mol. The van der Waals surface area contributed by atoms with Crippen molar-refractivity contribution in [3.05, 3.63) is 48.5 Å². The van der Waals surface area contributed by atoms with E-state index in [1.165, 1.54) is 0 Å². The van der Waals surface area contributed by atoms with Gasteiger partial charge in [-0.15, -0.1) is 0 Å². The lowest BCUT2D eigenvalue weighted by atomic mass is 9.73. The summed E-state index contributed by atoms with van der Waals surface area (Å²) in [6.07, 6.45) is 1.64. The second-order valence-electron chi connectivity index (χ2n) is 22.1. The number of anilines is 2. The number of hydrogen-bond donors (Lipinski definition) is 2. The number of fused-ring (bicyclic) bond motifs is 8. The molecule has 0 spiro atoms. The number of ether oxygens (including phenoxy) is 3. The summed E-state index contributed by atoms with van der Waals surface area (Å²) in [4.78, 5) is 46.9.